The molecule has 0 aliphatic carbocycles. The van der Waals surface area contributed by atoms with E-state index in [1.165, 1.54) is 6.07 Å². The summed E-state index contributed by atoms with van der Waals surface area (Å²) in [4.78, 5) is 11.7. The summed E-state index contributed by atoms with van der Waals surface area (Å²) in [7, 11) is 0. The van der Waals surface area contributed by atoms with Crippen molar-refractivity contribution in [2.75, 3.05) is 6.61 Å². The predicted molar refractivity (Wildman–Crippen MR) is 74.7 cm³/mol. The van der Waals surface area contributed by atoms with Crippen LogP contribution >= 0.6 is 15.9 Å². The minimum atomic E-state index is -1.10. The maximum atomic E-state index is 13.4. The molecule has 0 N–H and O–H groups in total. The third-order valence-electron chi connectivity index (χ3n) is 2.59. The number of hydrogen-bond acceptors (Lipinski definition) is 2. The maximum absolute atomic E-state index is 13.4. The number of rotatable bonds is 5. The van der Waals surface area contributed by atoms with Crippen molar-refractivity contribution in [3.05, 3.63) is 64.1 Å². The molecular weight excluding hydrogens is 330 g/mol. The van der Waals surface area contributed by atoms with E-state index < -0.39 is 11.6 Å². The number of ether oxygens (including phenoxy) is 1. The van der Waals surface area contributed by atoms with Gasteiger partial charge in [-0.1, -0.05) is 46.3 Å². The lowest BCUT2D eigenvalue weighted by atomic mass is 10.1. The quantitative estimate of drug-likeness (QED) is 0.771. The molecule has 0 amide bonds. The predicted octanol–water partition coefficient (Wildman–Crippen LogP) is 3.92. The molecule has 0 heterocycles. The van der Waals surface area contributed by atoms with E-state index >= 15 is 0 Å². The van der Waals surface area contributed by atoms with Crippen LogP contribution in [0, 0.1) is 11.6 Å². The van der Waals surface area contributed by atoms with Gasteiger partial charge in [-0.05, 0) is 17.7 Å². The molecule has 0 spiro atoms. The van der Waals surface area contributed by atoms with Crippen molar-refractivity contribution in [3.63, 3.8) is 0 Å². The van der Waals surface area contributed by atoms with Gasteiger partial charge in [-0.15, -0.1) is 0 Å². The van der Waals surface area contributed by atoms with E-state index in [1.807, 2.05) is 30.3 Å². The molecule has 0 aliphatic heterocycles. The minimum absolute atomic E-state index is 0.193. The van der Waals surface area contributed by atoms with Gasteiger partial charge in [-0.3, -0.25) is 4.79 Å². The molecule has 0 unspecified atom stereocenters. The van der Waals surface area contributed by atoms with Crippen molar-refractivity contribution in [2.24, 2.45) is 0 Å². The van der Waals surface area contributed by atoms with Gasteiger partial charge in [0.2, 0.25) is 5.82 Å². The molecule has 0 aromatic heterocycles. The average molecular weight is 341 g/mol. The summed E-state index contributed by atoms with van der Waals surface area (Å²) in [6.45, 7) is -0.304. The molecule has 2 aromatic carbocycles. The van der Waals surface area contributed by atoms with Gasteiger partial charge in [0.1, 0.15) is 6.61 Å². The molecule has 20 heavy (non-hydrogen) atoms. The fraction of sp³-hybridized carbons (Fsp3) is 0.133. The first-order valence-corrected chi connectivity index (χ1v) is 6.68. The second-order valence-corrected chi connectivity index (χ2v) is 5.11. The highest BCUT2D eigenvalue weighted by Crippen LogP contribution is 2.25. The zero-order valence-corrected chi connectivity index (χ0v) is 12.0. The van der Waals surface area contributed by atoms with Crippen LogP contribution in [0.2, 0.25) is 0 Å². The number of halogens is 3. The van der Waals surface area contributed by atoms with E-state index in [1.54, 1.807) is 0 Å². The second kappa shape index (κ2) is 6.61. The summed E-state index contributed by atoms with van der Waals surface area (Å²) in [5, 5.41) is 0. The van der Waals surface area contributed by atoms with Crippen molar-refractivity contribution in [1.29, 1.82) is 0 Å². The first-order valence-electron chi connectivity index (χ1n) is 5.89. The Morgan fingerprint density at radius 1 is 1.15 bits per heavy atom. The van der Waals surface area contributed by atoms with Gasteiger partial charge in [0, 0.05) is 10.9 Å². The van der Waals surface area contributed by atoms with E-state index in [4.69, 9.17) is 4.74 Å². The Morgan fingerprint density at radius 2 is 1.85 bits per heavy atom. The molecule has 0 radical (unpaired) electrons. The third kappa shape index (κ3) is 3.87. The van der Waals surface area contributed by atoms with Crippen LogP contribution in [0.4, 0.5) is 8.78 Å². The zero-order valence-electron chi connectivity index (χ0n) is 10.4. The van der Waals surface area contributed by atoms with Crippen molar-refractivity contribution >= 4 is 21.7 Å². The highest BCUT2D eigenvalue weighted by atomic mass is 79.9. The summed E-state index contributed by atoms with van der Waals surface area (Å²) in [6.07, 6.45) is 0.193. The summed E-state index contributed by atoms with van der Waals surface area (Å²) < 4.78 is 32.0. The van der Waals surface area contributed by atoms with Crippen molar-refractivity contribution in [2.45, 2.75) is 6.42 Å². The number of Topliss-reactive ketones (excluding diaryl/α,β-unsaturated/α-hetero) is 1. The Morgan fingerprint density at radius 3 is 2.55 bits per heavy atom. The number of ketones is 1. The molecule has 5 heteroatoms. The molecule has 2 nitrogen and oxygen atoms in total. The molecule has 2 rings (SSSR count). The fourth-order valence-corrected chi connectivity index (χ4v) is 2.08. The van der Waals surface area contributed by atoms with E-state index in [0.29, 0.717) is 4.47 Å². The summed E-state index contributed by atoms with van der Waals surface area (Å²) in [5.74, 6) is -2.61. The van der Waals surface area contributed by atoms with E-state index in [0.717, 1.165) is 11.6 Å². The Hall–Kier alpha value is -1.75. The van der Waals surface area contributed by atoms with Gasteiger partial charge in [-0.2, -0.15) is 4.39 Å². The molecule has 2 aromatic rings. The van der Waals surface area contributed by atoms with Crippen LogP contribution in [0.1, 0.15) is 5.56 Å². The van der Waals surface area contributed by atoms with Crippen LogP contribution in [0.3, 0.4) is 0 Å². The van der Waals surface area contributed by atoms with Crippen LogP contribution in [0.5, 0.6) is 5.75 Å². The first-order chi connectivity index (χ1) is 9.56. The fourth-order valence-electron chi connectivity index (χ4n) is 1.67. The smallest absolute Gasteiger partial charge is 0.200 e. The minimum Gasteiger partial charge on any atom is -0.483 e. The first kappa shape index (κ1) is 14.7. The number of carbonyl (C=O) groups is 1. The van der Waals surface area contributed by atoms with Gasteiger partial charge in [-0.25, -0.2) is 4.39 Å². The Balaban J connectivity index is 1.97. The van der Waals surface area contributed by atoms with Crippen molar-refractivity contribution in [3.8, 4) is 5.75 Å². The molecule has 0 bridgehead atoms. The van der Waals surface area contributed by atoms with E-state index in [2.05, 4.69) is 15.9 Å². The maximum Gasteiger partial charge on any atom is 0.200 e. The lowest BCUT2D eigenvalue weighted by Crippen LogP contribution is -2.14. The molecule has 0 saturated heterocycles. The standard InChI is InChI=1S/C15H11BrF2O2/c16-11-7-13(17)15(18)14(8-11)20-9-12(19)6-10-4-2-1-3-5-10/h1-5,7-8H,6,9H2. The van der Waals surface area contributed by atoms with Crippen molar-refractivity contribution in [1.82, 2.24) is 0 Å². The number of carbonyl (C=O) groups excluding carboxylic acids is 1. The monoisotopic (exact) mass is 340 g/mol. The van der Waals surface area contributed by atoms with Crippen LogP contribution in [0.15, 0.2) is 46.9 Å². The van der Waals surface area contributed by atoms with Crippen molar-refractivity contribution < 1.29 is 18.3 Å². The summed E-state index contributed by atoms with van der Waals surface area (Å²) in [5.41, 5.74) is 0.849. The molecule has 0 saturated carbocycles. The lowest BCUT2D eigenvalue weighted by Gasteiger charge is -2.08. The SMILES string of the molecule is O=C(COc1cc(Br)cc(F)c1F)Cc1ccccc1. The highest BCUT2D eigenvalue weighted by molar-refractivity contribution is 9.10. The Kier molecular flexibility index (Phi) is 4.84. The van der Waals surface area contributed by atoms with E-state index in [-0.39, 0.29) is 24.6 Å². The van der Waals surface area contributed by atoms with Gasteiger partial charge in [0.15, 0.2) is 17.3 Å². The van der Waals surface area contributed by atoms with Gasteiger partial charge >= 0.3 is 0 Å². The van der Waals surface area contributed by atoms with Crippen LogP contribution < -0.4 is 4.74 Å². The van der Waals surface area contributed by atoms with E-state index in [9.17, 15) is 13.6 Å². The molecular formula is C15H11BrF2O2. The molecule has 0 aliphatic rings. The average Bonchev–Trinajstić information content (AvgIpc) is 2.42. The van der Waals surface area contributed by atoms with Crippen LogP contribution in [-0.2, 0) is 11.2 Å². The Bertz CT molecular complexity index is 615. The largest absolute Gasteiger partial charge is 0.483 e. The summed E-state index contributed by atoms with van der Waals surface area (Å²) >= 11 is 3.04. The van der Waals surface area contributed by atoms with Gasteiger partial charge in [0.05, 0.1) is 0 Å². The third-order valence-corrected chi connectivity index (χ3v) is 3.05. The molecule has 0 fully saturated rings. The molecule has 104 valence electrons. The number of hydrogen-bond donors (Lipinski definition) is 0. The van der Waals surface area contributed by atoms with Gasteiger partial charge in [0.25, 0.3) is 0 Å². The normalized spacial score (nSPS) is 10.3. The highest BCUT2D eigenvalue weighted by Gasteiger charge is 2.13. The Labute approximate surface area is 123 Å². The summed E-state index contributed by atoms with van der Waals surface area (Å²) in [6, 6.07) is 11.4. The second-order valence-electron chi connectivity index (χ2n) is 4.19. The zero-order chi connectivity index (χ0) is 14.5. The number of benzene rings is 2. The molecule has 0 atom stereocenters. The topological polar surface area (TPSA) is 26.3 Å². The lowest BCUT2D eigenvalue weighted by molar-refractivity contribution is -0.120. The van der Waals surface area contributed by atoms with Crippen LogP contribution in [0.25, 0.3) is 0 Å². The van der Waals surface area contributed by atoms with Gasteiger partial charge < -0.3 is 4.74 Å². The van der Waals surface area contributed by atoms with Crippen LogP contribution in [-0.4, -0.2) is 12.4 Å².